The molecular formula is C25H27N3O7. The molecule has 0 aliphatic heterocycles. The lowest BCUT2D eigenvalue weighted by Gasteiger charge is -2.22. The quantitative estimate of drug-likeness (QED) is 0.133. The predicted molar refractivity (Wildman–Crippen MR) is 129 cm³/mol. The van der Waals surface area contributed by atoms with Crippen molar-refractivity contribution in [2.75, 3.05) is 0 Å². The van der Waals surface area contributed by atoms with Gasteiger partial charge in [-0.2, -0.15) is 0 Å². The number of Topliss-reactive ketones (excluding diaryl/α,β-unsaturated/α-hetero) is 1. The molecule has 1 aliphatic rings. The fourth-order valence-corrected chi connectivity index (χ4v) is 4.12. The minimum absolute atomic E-state index is 0.106. The second-order valence-corrected chi connectivity index (χ2v) is 8.50. The average Bonchev–Trinajstić information content (AvgIpc) is 2.87. The van der Waals surface area contributed by atoms with Crippen LogP contribution in [0.1, 0.15) is 68.6 Å². The first kappa shape index (κ1) is 25.7. The summed E-state index contributed by atoms with van der Waals surface area (Å²) in [5, 5.41) is 26.4. The molecule has 1 fully saturated rings. The van der Waals surface area contributed by atoms with Crippen LogP contribution >= 0.6 is 0 Å². The van der Waals surface area contributed by atoms with Gasteiger partial charge >= 0.3 is 5.97 Å². The molecule has 1 saturated carbocycles. The summed E-state index contributed by atoms with van der Waals surface area (Å²) in [6.07, 6.45) is 6.32. The van der Waals surface area contributed by atoms with Crippen LogP contribution in [-0.4, -0.2) is 27.3 Å². The van der Waals surface area contributed by atoms with Crippen molar-refractivity contribution in [1.29, 1.82) is 0 Å². The molecular weight excluding hydrogens is 454 g/mol. The second-order valence-electron chi connectivity index (χ2n) is 8.50. The Labute approximate surface area is 202 Å². The van der Waals surface area contributed by atoms with E-state index in [0.29, 0.717) is 17.5 Å². The van der Waals surface area contributed by atoms with Crippen molar-refractivity contribution in [3.63, 3.8) is 0 Å². The number of oxime groups is 1. The summed E-state index contributed by atoms with van der Waals surface area (Å²) in [4.78, 5) is 51.4. The van der Waals surface area contributed by atoms with Gasteiger partial charge in [0, 0.05) is 24.0 Å². The van der Waals surface area contributed by atoms with Gasteiger partial charge in [0.25, 0.3) is 11.4 Å². The number of hydrogen-bond acceptors (Lipinski definition) is 8. The number of hydrogen-bond donors (Lipinski definition) is 0. The third-order valence-corrected chi connectivity index (χ3v) is 6.05. The summed E-state index contributed by atoms with van der Waals surface area (Å²) in [6.45, 7) is 1.96. The number of unbranched alkanes of at least 4 members (excludes halogenated alkanes) is 1. The van der Waals surface area contributed by atoms with Gasteiger partial charge in [0.05, 0.1) is 21.5 Å². The van der Waals surface area contributed by atoms with Crippen molar-refractivity contribution in [2.24, 2.45) is 11.1 Å². The van der Waals surface area contributed by atoms with Crippen LogP contribution in [0, 0.1) is 26.1 Å². The van der Waals surface area contributed by atoms with Crippen LogP contribution in [0.15, 0.2) is 47.6 Å². The number of carbonyl (C=O) groups excluding carboxylic acids is 2. The minimum atomic E-state index is -0.695. The van der Waals surface area contributed by atoms with Crippen molar-refractivity contribution >= 4 is 28.8 Å². The SMILES string of the molecule is CCCCC(=O)O/N=C(\C(=O)c1ccc(-c2ccc([N+](=O)[O-])cc2[N+](=O)[O-])cc1)C1CCCCC1. The lowest BCUT2D eigenvalue weighted by atomic mass is 9.83. The third-order valence-electron chi connectivity index (χ3n) is 6.05. The van der Waals surface area contributed by atoms with E-state index in [-0.39, 0.29) is 35.1 Å². The average molecular weight is 482 g/mol. The van der Waals surface area contributed by atoms with Crippen molar-refractivity contribution in [2.45, 2.75) is 58.3 Å². The van der Waals surface area contributed by atoms with Crippen LogP contribution in [0.4, 0.5) is 11.4 Å². The number of nitro benzene ring substituents is 2. The molecule has 0 radical (unpaired) electrons. The molecule has 0 atom stereocenters. The first-order chi connectivity index (χ1) is 16.8. The van der Waals surface area contributed by atoms with Gasteiger partial charge < -0.3 is 4.84 Å². The standard InChI is InChI=1S/C25H27N3O7/c1-2-3-9-23(29)35-26-24(18-7-5-4-6-8-18)25(30)19-12-10-17(11-13-19)21-15-14-20(27(31)32)16-22(21)28(33)34/h10-16,18H,2-9H2,1H3/b26-24-. The lowest BCUT2D eigenvalue weighted by molar-refractivity contribution is -0.393. The van der Waals surface area contributed by atoms with Gasteiger partial charge in [0.2, 0.25) is 5.78 Å². The Hall–Kier alpha value is -3.95. The van der Waals surface area contributed by atoms with Gasteiger partial charge in [-0.1, -0.05) is 62.0 Å². The van der Waals surface area contributed by atoms with E-state index in [2.05, 4.69) is 5.16 Å². The van der Waals surface area contributed by atoms with E-state index < -0.39 is 21.5 Å². The maximum absolute atomic E-state index is 13.3. The fraction of sp³-hybridized carbons (Fsp3) is 0.400. The van der Waals surface area contributed by atoms with Crippen molar-refractivity contribution in [3.8, 4) is 11.1 Å². The van der Waals surface area contributed by atoms with Crippen molar-refractivity contribution < 1.29 is 24.3 Å². The lowest BCUT2D eigenvalue weighted by Crippen LogP contribution is -2.27. The predicted octanol–water partition coefficient (Wildman–Crippen LogP) is 6.02. The van der Waals surface area contributed by atoms with E-state index in [0.717, 1.165) is 44.6 Å². The highest BCUT2D eigenvalue weighted by Gasteiger charge is 2.27. The largest absolute Gasteiger partial charge is 0.335 e. The number of ketones is 1. The summed E-state index contributed by atoms with van der Waals surface area (Å²) in [5.41, 5.74) is 0.377. The number of nitrogens with zero attached hydrogens (tertiary/aromatic N) is 3. The first-order valence-corrected chi connectivity index (χ1v) is 11.7. The number of nitro groups is 2. The molecule has 3 rings (SSSR count). The Balaban J connectivity index is 1.88. The maximum Gasteiger partial charge on any atom is 0.335 e. The molecule has 2 aromatic carbocycles. The molecule has 10 nitrogen and oxygen atoms in total. The van der Waals surface area contributed by atoms with Gasteiger partial charge in [0.1, 0.15) is 5.71 Å². The van der Waals surface area contributed by atoms with Crippen LogP contribution in [0.25, 0.3) is 11.1 Å². The van der Waals surface area contributed by atoms with Crippen LogP contribution < -0.4 is 0 Å². The summed E-state index contributed by atoms with van der Waals surface area (Å²) in [5.74, 6) is -0.940. The fourth-order valence-electron chi connectivity index (χ4n) is 4.12. The van der Waals surface area contributed by atoms with E-state index in [4.69, 9.17) is 4.84 Å². The number of rotatable bonds is 10. The van der Waals surface area contributed by atoms with Crippen molar-refractivity contribution in [3.05, 3.63) is 68.3 Å². The monoisotopic (exact) mass is 481 g/mol. The smallest absolute Gasteiger partial charge is 0.318 e. The molecule has 0 unspecified atom stereocenters. The number of benzene rings is 2. The van der Waals surface area contributed by atoms with Gasteiger partial charge in [0.15, 0.2) is 0 Å². The summed E-state index contributed by atoms with van der Waals surface area (Å²) in [6, 6.07) is 9.58. The van der Waals surface area contributed by atoms with E-state index in [1.165, 1.54) is 24.3 Å². The minimum Gasteiger partial charge on any atom is -0.318 e. The van der Waals surface area contributed by atoms with E-state index in [1.807, 2.05) is 6.92 Å². The van der Waals surface area contributed by atoms with Crippen molar-refractivity contribution in [1.82, 2.24) is 0 Å². The molecule has 0 spiro atoms. The zero-order valence-corrected chi connectivity index (χ0v) is 19.5. The zero-order chi connectivity index (χ0) is 25.4. The zero-order valence-electron chi connectivity index (χ0n) is 19.5. The topological polar surface area (TPSA) is 142 Å². The van der Waals surface area contributed by atoms with E-state index in [9.17, 15) is 29.8 Å². The Morgan fingerprint density at radius 3 is 2.29 bits per heavy atom. The van der Waals surface area contributed by atoms with Gasteiger partial charge in [-0.25, -0.2) is 4.79 Å². The number of non-ortho nitro benzene ring substituents is 1. The molecule has 10 heteroatoms. The van der Waals surface area contributed by atoms with Crippen LogP contribution in [0.3, 0.4) is 0 Å². The molecule has 184 valence electrons. The summed E-state index contributed by atoms with van der Waals surface area (Å²) in [7, 11) is 0. The molecule has 0 aromatic heterocycles. The molecule has 0 bridgehead atoms. The molecule has 2 aromatic rings. The second kappa shape index (κ2) is 12.0. The summed E-state index contributed by atoms with van der Waals surface area (Å²) >= 11 is 0. The van der Waals surface area contributed by atoms with Crippen LogP contribution in [0.5, 0.6) is 0 Å². The van der Waals surface area contributed by atoms with Gasteiger partial charge in [-0.05, 0) is 30.9 Å². The number of carbonyl (C=O) groups is 2. The molecule has 35 heavy (non-hydrogen) atoms. The normalized spacial score (nSPS) is 14.4. The molecule has 0 heterocycles. The highest BCUT2D eigenvalue weighted by molar-refractivity contribution is 6.46. The third kappa shape index (κ3) is 6.56. The Morgan fingerprint density at radius 2 is 1.69 bits per heavy atom. The highest BCUT2D eigenvalue weighted by Crippen LogP contribution is 2.33. The molecule has 0 saturated heterocycles. The molecule has 1 aliphatic carbocycles. The highest BCUT2D eigenvalue weighted by atomic mass is 16.7. The van der Waals surface area contributed by atoms with Crippen LogP contribution in [-0.2, 0) is 9.63 Å². The van der Waals surface area contributed by atoms with Crippen LogP contribution in [0.2, 0.25) is 0 Å². The first-order valence-electron chi connectivity index (χ1n) is 11.7. The van der Waals surface area contributed by atoms with E-state index >= 15 is 0 Å². The summed E-state index contributed by atoms with van der Waals surface area (Å²) < 4.78 is 0. The maximum atomic E-state index is 13.3. The molecule has 0 N–H and O–H groups in total. The van der Waals surface area contributed by atoms with Gasteiger partial charge in [-0.15, -0.1) is 0 Å². The van der Waals surface area contributed by atoms with E-state index in [1.54, 1.807) is 12.1 Å². The van der Waals surface area contributed by atoms with Gasteiger partial charge in [-0.3, -0.25) is 25.0 Å². The Morgan fingerprint density at radius 1 is 1.00 bits per heavy atom. The molecule has 0 amide bonds. The Bertz CT molecular complexity index is 1140. The Kier molecular flexibility index (Phi) is 8.77.